The third kappa shape index (κ3) is 14.3. The molecular weight excluding hydrogens is 971 g/mol. The van der Waals surface area contributed by atoms with Crippen molar-refractivity contribution < 1.29 is 47.0 Å². The Kier molecular flexibility index (Phi) is 18.6. The van der Waals surface area contributed by atoms with Crippen molar-refractivity contribution in [1.82, 2.24) is 19.6 Å². The first-order valence-electron chi connectivity index (χ1n) is 27.9. The Balaban J connectivity index is 0.000000221. The van der Waals surface area contributed by atoms with Gasteiger partial charge in [0.15, 0.2) is 11.6 Å². The van der Waals surface area contributed by atoms with E-state index >= 15 is 8.78 Å². The van der Waals surface area contributed by atoms with Gasteiger partial charge in [-0.05, 0) is 224 Å². The summed E-state index contributed by atoms with van der Waals surface area (Å²) in [4.78, 5) is 85.2. The lowest BCUT2D eigenvalue weighted by Crippen LogP contribution is -2.51. The minimum Gasteiger partial charge on any atom is -0.444 e. The first kappa shape index (κ1) is 58.5. The van der Waals surface area contributed by atoms with Crippen molar-refractivity contribution in [3.8, 4) is 0 Å². The second kappa shape index (κ2) is 24.2. The van der Waals surface area contributed by atoms with E-state index in [0.717, 1.165) is 100 Å². The number of carbonyl (C=O) groups excluding carboxylic acids is 6. The van der Waals surface area contributed by atoms with Crippen LogP contribution in [0.3, 0.4) is 0 Å². The van der Waals surface area contributed by atoms with E-state index in [9.17, 15) is 28.8 Å². The quantitative estimate of drug-likeness (QED) is 0.164. The van der Waals surface area contributed by atoms with Crippen LogP contribution >= 0.6 is 0 Å². The van der Waals surface area contributed by atoms with E-state index < -0.39 is 64.9 Å². The summed E-state index contributed by atoms with van der Waals surface area (Å²) in [5.74, 6) is -3.65. The number of fused-ring (bicyclic) bond motifs is 4. The van der Waals surface area contributed by atoms with Gasteiger partial charge < -0.3 is 30.7 Å². The molecule has 2 aliphatic heterocycles. The number of hydrogen-bond donors (Lipinski definition) is 2. The number of rotatable bonds is 16. The number of nitrogens with two attached hydrogens (primary N) is 2. The summed E-state index contributed by atoms with van der Waals surface area (Å²) in [6, 6.07) is 10.2. The molecule has 76 heavy (non-hydrogen) atoms. The molecular formula is C60H86F2N6O8. The van der Waals surface area contributed by atoms with Crippen molar-refractivity contribution in [2.24, 2.45) is 35.1 Å². The average Bonchev–Trinajstić information content (AvgIpc) is 4.17. The SMILES string of the molecule is CN(C)C1CC=C(c2ccc(C[C@H](CC(=O)[C@@H]3[C@H]4CC[C@H](C4)N3C(=O)OC(C)(C)C)C(N)=O)c(F)c2)CC1.CN(C)C1CCC(c2ccc(C[C@H](CC(=O)[C@@H]3[C@H]4CC[C@H](C4)N3C(=O)OC(C)(C)C)C(N)=O)c(F)c2)CC1. The van der Waals surface area contributed by atoms with E-state index in [-0.39, 0.29) is 67.0 Å². The van der Waals surface area contributed by atoms with Crippen LogP contribution in [0.15, 0.2) is 42.5 Å². The van der Waals surface area contributed by atoms with Crippen molar-refractivity contribution in [1.29, 1.82) is 0 Å². The Labute approximate surface area is 450 Å². The lowest BCUT2D eigenvalue weighted by atomic mass is 9.80. The summed E-state index contributed by atoms with van der Waals surface area (Å²) in [7, 11) is 8.35. The van der Waals surface area contributed by atoms with Gasteiger partial charge in [-0.3, -0.25) is 29.0 Å². The molecule has 2 aromatic rings. The third-order valence-electron chi connectivity index (χ3n) is 17.2. The predicted molar refractivity (Wildman–Crippen MR) is 289 cm³/mol. The lowest BCUT2D eigenvalue weighted by molar-refractivity contribution is -0.131. The average molecular weight is 1060 g/mol. The van der Waals surface area contributed by atoms with E-state index in [2.05, 4.69) is 44.1 Å². The Morgan fingerprint density at radius 3 is 1.47 bits per heavy atom. The highest BCUT2D eigenvalue weighted by atomic mass is 19.1. The van der Waals surface area contributed by atoms with Gasteiger partial charge in [0.25, 0.3) is 0 Å². The maximum Gasteiger partial charge on any atom is 0.411 e. The fourth-order valence-electron chi connectivity index (χ4n) is 13.1. The third-order valence-corrected chi connectivity index (χ3v) is 17.2. The Bertz CT molecular complexity index is 2490. The normalized spacial score (nSPS) is 26.9. The Hall–Kier alpha value is -5.22. The second-order valence-electron chi connectivity index (χ2n) is 25.3. The van der Waals surface area contributed by atoms with Crippen LogP contribution in [0.1, 0.15) is 166 Å². The number of carbonyl (C=O) groups is 6. The van der Waals surface area contributed by atoms with Crippen LogP contribution in [0.25, 0.3) is 5.57 Å². The number of ether oxygens (including phenoxy) is 2. The molecule has 6 aliphatic rings. The zero-order valence-corrected chi connectivity index (χ0v) is 46.9. The summed E-state index contributed by atoms with van der Waals surface area (Å²) in [5, 5.41) is 0. The second-order valence-corrected chi connectivity index (χ2v) is 25.3. The maximum absolute atomic E-state index is 15.2. The van der Waals surface area contributed by atoms with Gasteiger partial charge >= 0.3 is 12.2 Å². The fraction of sp³-hybridized carbons (Fsp3) is 0.667. The van der Waals surface area contributed by atoms with Crippen LogP contribution in [0.4, 0.5) is 18.4 Å². The van der Waals surface area contributed by atoms with Crippen LogP contribution < -0.4 is 11.5 Å². The summed E-state index contributed by atoms with van der Waals surface area (Å²) in [6.07, 6.45) is 13.1. The number of amides is 4. The number of hydrogen-bond acceptors (Lipinski definition) is 10. The molecule has 16 heteroatoms. The van der Waals surface area contributed by atoms with Crippen LogP contribution in [-0.4, -0.2) is 131 Å². The van der Waals surface area contributed by atoms with Crippen LogP contribution in [0.2, 0.25) is 0 Å². The molecule has 0 radical (unpaired) electrons. The van der Waals surface area contributed by atoms with Gasteiger partial charge in [0.1, 0.15) is 22.8 Å². The van der Waals surface area contributed by atoms with Crippen LogP contribution in [0.5, 0.6) is 0 Å². The van der Waals surface area contributed by atoms with Crippen molar-refractivity contribution in [2.75, 3.05) is 28.2 Å². The summed E-state index contributed by atoms with van der Waals surface area (Å²) in [6.45, 7) is 10.8. The predicted octanol–water partition coefficient (Wildman–Crippen LogP) is 9.52. The molecule has 8 rings (SSSR count). The number of nitrogens with zero attached hydrogens (tertiary/aromatic N) is 4. The Morgan fingerprint density at radius 1 is 0.618 bits per heavy atom. The van der Waals surface area contributed by atoms with Crippen molar-refractivity contribution >= 4 is 41.1 Å². The van der Waals surface area contributed by atoms with Crippen LogP contribution in [-0.2, 0) is 41.5 Å². The van der Waals surface area contributed by atoms with Gasteiger partial charge in [-0.2, -0.15) is 0 Å². The molecule has 9 atom stereocenters. The molecule has 0 aromatic heterocycles. The molecule has 2 heterocycles. The highest BCUT2D eigenvalue weighted by Crippen LogP contribution is 2.46. The molecule has 0 spiro atoms. The van der Waals surface area contributed by atoms with Gasteiger partial charge in [0, 0.05) is 48.8 Å². The maximum atomic E-state index is 15.2. The van der Waals surface area contributed by atoms with E-state index in [1.165, 1.54) is 6.07 Å². The largest absolute Gasteiger partial charge is 0.444 e. The molecule has 14 nitrogen and oxygen atoms in total. The van der Waals surface area contributed by atoms with E-state index in [1.54, 1.807) is 69.5 Å². The summed E-state index contributed by atoms with van der Waals surface area (Å²) >= 11 is 0. The molecule has 2 saturated heterocycles. The van der Waals surface area contributed by atoms with Gasteiger partial charge in [-0.15, -0.1) is 0 Å². The lowest BCUT2D eigenvalue weighted by Gasteiger charge is -2.36. The number of likely N-dealkylation sites (tertiary alicyclic amines) is 2. The molecule has 1 unspecified atom stereocenters. The first-order valence-corrected chi connectivity index (χ1v) is 27.9. The standard InChI is InChI=1S/C30H44FN3O4.C30H42FN3O4/c2*1-30(2,3)38-29(37)34-24-13-10-21(15-24)27(34)26(35)17-22(28(32)36)14-20-7-6-19(16-25(20)31)18-8-11-23(12-9-18)33(4)5/h6-7,16,18,21-24,27H,8-15,17H2,1-5H3,(H2,32,36);6-8,16,21-24,27H,9-15,17H2,1-5H3,(H2,32,36)/t18?,21-,22+,23?,24+,27-;21-,22+,23?,24+,27-/m00/s1. The molecule has 418 valence electrons. The summed E-state index contributed by atoms with van der Waals surface area (Å²) in [5.41, 5.74) is 13.8. The van der Waals surface area contributed by atoms with Gasteiger partial charge in [-0.1, -0.05) is 30.3 Å². The smallest absolute Gasteiger partial charge is 0.411 e. The van der Waals surface area contributed by atoms with Gasteiger partial charge in [-0.25, -0.2) is 18.4 Å². The minimum atomic E-state index is -0.850. The number of Topliss-reactive ketones (excluding diaryl/α,β-unsaturated/α-hetero) is 2. The van der Waals surface area contributed by atoms with E-state index in [0.29, 0.717) is 29.1 Å². The Morgan fingerprint density at radius 2 is 1.08 bits per heavy atom. The number of ketones is 2. The minimum absolute atomic E-state index is 0.0198. The van der Waals surface area contributed by atoms with Crippen LogP contribution in [0, 0.1) is 35.3 Å². The van der Waals surface area contributed by atoms with Gasteiger partial charge in [0.2, 0.25) is 11.8 Å². The number of primary amides is 2. The molecule has 5 fully saturated rings. The molecule has 3 saturated carbocycles. The number of piperidine rings is 2. The van der Waals surface area contributed by atoms with Gasteiger partial charge in [0.05, 0.1) is 12.1 Å². The number of benzene rings is 2. The van der Waals surface area contributed by atoms with Crippen molar-refractivity contribution in [3.63, 3.8) is 0 Å². The van der Waals surface area contributed by atoms with E-state index in [4.69, 9.17) is 20.9 Å². The molecule has 4 amide bonds. The highest BCUT2D eigenvalue weighted by molar-refractivity contribution is 5.93. The molecule has 4 bridgehead atoms. The molecule has 2 aromatic carbocycles. The summed E-state index contributed by atoms with van der Waals surface area (Å²) < 4.78 is 41.6. The topological polar surface area (TPSA) is 186 Å². The zero-order valence-electron chi connectivity index (χ0n) is 46.9. The van der Waals surface area contributed by atoms with Crippen molar-refractivity contribution in [2.45, 2.75) is 204 Å². The first-order chi connectivity index (χ1) is 35.7. The zero-order chi connectivity index (χ0) is 55.6. The molecule has 4 N–H and O–H groups in total. The number of allylic oxidation sites excluding steroid dienone is 1. The molecule has 4 aliphatic carbocycles. The fourth-order valence-corrected chi connectivity index (χ4v) is 13.1. The van der Waals surface area contributed by atoms with E-state index in [1.807, 2.05) is 12.1 Å². The monoisotopic (exact) mass is 1060 g/mol. The number of halogens is 2. The van der Waals surface area contributed by atoms with Crippen molar-refractivity contribution in [3.05, 3.63) is 76.4 Å². The highest BCUT2D eigenvalue weighted by Gasteiger charge is 2.54.